The van der Waals surface area contributed by atoms with Crippen LogP contribution in [-0.2, 0) is 5.41 Å². The molecule has 3 N–H and O–H groups in total. The van der Waals surface area contributed by atoms with Gasteiger partial charge in [-0.05, 0) is 37.1 Å². The Morgan fingerprint density at radius 2 is 1.83 bits per heavy atom. The Bertz CT molecular complexity index is 782. The molecule has 0 aromatic heterocycles. The molecule has 124 valence electrons. The number of amides is 2. The fraction of sp³-hybridized carbons (Fsp3) is 0.263. The fourth-order valence-electron chi connectivity index (χ4n) is 2.94. The molecule has 5 heteroatoms. The van der Waals surface area contributed by atoms with Gasteiger partial charge in [-0.2, -0.15) is 0 Å². The van der Waals surface area contributed by atoms with Gasteiger partial charge in [-0.25, -0.2) is 0 Å². The zero-order chi connectivity index (χ0) is 17.2. The molecule has 0 heterocycles. The maximum absolute atomic E-state index is 12.4. The van der Waals surface area contributed by atoms with Crippen LogP contribution in [0, 0.1) is 0 Å². The Morgan fingerprint density at radius 3 is 2.50 bits per heavy atom. The van der Waals surface area contributed by atoms with Crippen molar-refractivity contribution in [3.05, 3.63) is 65.2 Å². The van der Waals surface area contributed by atoms with Crippen LogP contribution in [-0.4, -0.2) is 25.5 Å². The molecular formula is C19H20N2O3. The van der Waals surface area contributed by atoms with Crippen LogP contribution in [0.15, 0.2) is 48.5 Å². The van der Waals surface area contributed by atoms with Gasteiger partial charge in [-0.1, -0.05) is 24.3 Å². The molecule has 1 fully saturated rings. The summed E-state index contributed by atoms with van der Waals surface area (Å²) in [5.74, 6) is 0.0941. The first-order valence-corrected chi connectivity index (χ1v) is 7.87. The Balaban J connectivity index is 1.72. The summed E-state index contributed by atoms with van der Waals surface area (Å²) in [6.45, 7) is 0.535. The van der Waals surface area contributed by atoms with E-state index < -0.39 is 5.91 Å². The molecule has 2 amide bonds. The number of carbonyl (C=O) groups is 2. The quantitative estimate of drug-likeness (QED) is 0.855. The molecule has 0 aliphatic heterocycles. The van der Waals surface area contributed by atoms with E-state index >= 15 is 0 Å². The second-order valence-corrected chi connectivity index (χ2v) is 6.11. The summed E-state index contributed by atoms with van der Waals surface area (Å²) in [5, 5.41) is 2.97. The van der Waals surface area contributed by atoms with Crippen molar-refractivity contribution < 1.29 is 14.3 Å². The zero-order valence-electron chi connectivity index (χ0n) is 13.5. The number of para-hydroxylation sites is 1. The summed E-state index contributed by atoms with van der Waals surface area (Å²) in [6.07, 6.45) is 2.02. The van der Waals surface area contributed by atoms with E-state index in [0.29, 0.717) is 17.7 Å². The van der Waals surface area contributed by atoms with E-state index in [2.05, 4.69) is 5.32 Å². The van der Waals surface area contributed by atoms with E-state index in [0.717, 1.165) is 24.2 Å². The lowest BCUT2D eigenvalue weighted by Gasteiger charge is -2.19. The highest BCUT2D eigenvalue weighted by Crippen LogP contribution is 2.50. The summed E-state index contributed by atoms with van der Waals surface area (Å²) in [4.78, 5) is 23.6. The van der Waals surface area contributed by atoms with E-state index in [9.17, 15) is 9.59 Å². The molecule has 3 rings (SSSR count). The summed E-state index contributed by atoms with van der Waals surface area (Å²) in [7, 11) is 1.66. The van der Waals surface area contributed by atoms with Crippen molar-refractivity contribution >= 4 is 11.8 Å². The molecule has 1 aliphatic carbocycles. The third-order valence-corrected chi connectivity index (χ3v) is 4.53. The number of hydrogen-bond donors (Lipinski definition) is 2. The number of methoxy groups -OCH3 is 1. The van der Waals surface area contributed by atoms with Crippen molar-refractivity contribution in [2.45, 2.75) is 18.3 Å². The molecule has 1 saturated carbocycles. The van der Waals surface area contributed by atoms with Gasteiger partial charge in [0.05, 0.1) is 7.11 Å². The first kappa shape index (κ1) is 16.1. The predicted octanol–water partition coefficient (Wildman–Crippen LogP) is 2.26. The van der Waals surface area contributed by atoms with Gasteiger partial charge in [0.25, 0.3) is 5.91 Å². The highest BCUT2D eigenvalue weighted by molar-refractivity contribution is 5.99. The van der Waals surface area contributed by atoms with Crippen molar-refractivity contribution in [3.8, 4) is 5.75 Å². The number of rotatable bonds is 6. The number of nitrogens with two attached hydrogens (primary N) is 1. The van der Waals surface area contributed by atoms with Crippen LogP contribution >= 0.6 is 0 Å². The molecular weight excluding hydrogens is 304 g/mol. The van der Waals surface area contributed by atoms with E-state index in [-0.39, 0.29) is 11.3 Å². The number of ether oxygens (including phenoxy) is 1. The second kappa shape index (κ2) is 6.35. The second-order valence-electron chi connectivity index (χ2n) is 6.11. The van der Waals surface area contributed by atoms with Crippen LogP contribution in [0.3, 0.4) is 0 Å². The fourth-order valence-corrected chi connectivity index (χ4v) is 2.94. The lowest BCUT2D eigenvalue weighted by molar-refractivity contribution is 0.0949. The van der Waals surface area contributed by atoms with Crippen molar-refractivity contribution in [1.82, 2.24) is 5.32 Å². The van der Waals surface area contributed by atoms with Crippen LogP contribution < -0.4 is 15.8 Å². The Kier molecular flexibility index (Phi) is 4.25. The Hall–Kier alpha value is -2.82. The maximum Gasteiger partial charge on any atom is 0.251 e. The standard InChI is InChI=1S/C19H20N2O3/c1-24-16-8-3-2-7-15(16)19(9-10-19)12-21-18(23)14-6-4-5-13(11-14)17(20)22/h2-8,11H,9-10,12H2,1H3,(H2,20,22)(H,21,23). The first-order valence-electron chi connectivity index (χ1n) is 7.87. The number of carbonyl (C=O) groups excluding carboxylic acids is 2. The highest BCUT2D eigenvalue weighted by atomic mass is 16.5. The summed E-state index contributed by atoms with van der Waals surface area (Å²) in [6, 6.07) is 14.3. The molecule has 0 spiro atoms. The third kappa shape index (κ3) is 3.11. The van der Waals surface area contributed by atoms with Crippen molar-refractivity contribution in [2.24, 2.45) is 5.73 Å². The maximum atomic E-state index is 12.4. The van der Waals surface area contributed by atoms with Crippen molar-refractivity contribution in [3.63, 3.8) is 0 Å². The average Bonchev–Trinajstić information content (AvgIpc) is 3.40. The van der Waals surface area contributed by atoms with E-state index in [1.165, 1.54) is 6.07 Å². The van der Waals surface area contributed by atoms with Gasteiger partial charge in [0.1, 0.15) is 5.75 Å². The molecule has 0 radical (unpaired) electrons. The normalized spacial score (nSPS) is 14.7. The molecule has 2 aromatic rings. The molecule has 0 saturated heterocycles. The zero-order valence-corrected chi connectivity index (χ0v) is 13.5. The van der Waals surface area contributed by atoms with E-state index in [4.69, 9.17) is 10.5 Å². The van der Waals surface area contributed by atoms with Gasteiger partial charge < -0.3 is 15.8 Å². The highest BCUT2D eigenvalue weighted by Gasteiger charge is 2.46. The molecule has 0 unspecified atom stereocenters. The van der Waals surface area contributed by atoms with E-state index in [1.807, 2.05) is 24.3 Å². The number of primary amides is 1. The molecule has 2 aromatic carbocycles. The van der Waals surface area contributed by atoms with Crippen LogP contribution in [0.2, 0.25) is 0 Å². The minimum absolute atomic E-state index is 0.0659. The van der Waals surface area contributed by atoms with Crippen molar-refractivity contribution in [1.29, 1.82) is 0 Å². The van der Waals surface area contributed by atoms with Crippen LogP contribution in [0.5, 0.6) is 5.75 Å². The van der Waals surface area contributed by atoms with Crippen molar-refractivity contribution in [2.75, 3.05) is 13.7 Å². The minimum atomic E-state index is -0.544. The van der Waals surface area contributed by atoms with Crippen LogP contribution in [0.4, 0.5) is 0 Å². The Morgan fingerprint density at radius 1 is 1.12 bits per heavy atom. The van der Waals surface area contributed by atoms with Crippen LogP contribution in [0.25, 0.3) is 0 Å². The van der Waals surface area contributed by atoms with Gasteiger partial charge in [-0.15, -0.1) is 0 Å². The van der Waals surface area contributed by atoms with Gasteiger partial charge >= 0.3 is 0 Å². The van der Waals surface area contributed by atoms with Gasteiger partial charge in [-0.3, -0.25) is 9.59 Å². The molecule has 5 nitrogen and oxygen atoms in total. The predicted molar refractivity (Wildman–Crippen MR) is 91.2 cm³/mol. The van der Waals surface area contributed by atoms with Gasteiger partial charge in [0.2, 0.25) is 5.91 Å². The first-order chi connectivity index (χ1) is 11.6. The summed E-state index contributed by atoms with van der Waals surface area (Å²) < 4.78 is 5.44. The number of benzene rings is 2. The van der Waals surface area contributed by atoms with Gasteiger partial charge in [0.15, 0.2) is 0 Å². The molecule has 24 heavy (non-hydrogen) atoms. The van der Waals surface area contributed by atoms with Crippen LogP contribution in [0.1, 0.15) is 39.1 Å². The average molecular weight is 324 g/mol. The number of hydrogen-bond acceptors (Lipinski definition) is 3. The molecule has 1 aliphatic rings. The van der Waals surface area contributed by atoms with Gasteiger partial charge in [0, 0.05) is 28.7 Å². The summed E-state index contributed by atoms with van der Waals surface area (Å²) in [5.41, 5.74) is 7.08. The topological polar surface area (TPSA) is 81.4 Å². The minimum Gasteiger partial charge on any atom is -0.496 e. The molecule has 0 bridgehead atoms. The lowest BCUT2D eigenvalue weighted by atomic mass is 9.94. The van der Waals surface area contributed by atoms with E-state index in [1.54, 1.807) is 25.3 Å². The monoisotopic (exact) mass is 324 g/mol. The summed E-state index contributed by atoms with van der Waals surface area (Å²) >= 11 is 0. The number of nitrogens with one attached hydrogen (secondary N) is 1. The molecule has 0 atom stereocenters. The third-order valence-electron chi connectivity index (χ3n) is 4.53. The SMILES string of the molecule is COc1ccccc1C1(CNC(=O)c2cccc(C(N)=O)c2)CC1. The Labute approximate surface area is 140 Å². The lowest BCUT2D eigenvalue weighted by Crippen LogP contribution is -2.32. The largest absolute Gasteiger partial charge is 0.496 e. The smallest absolute Gasteiger partial charge is 0.251 e.